The topological polar surface area (TPSA) is 93.1 Å². The van der Waals surface area contributed by atoms with Gasteiger partial charge in [-0.2, -0.15) is 0 Å². The Morgan fingerprint density at radius 1 is 1.11 bits per heavy atom. The molecule has 152 valence electrons. The molecule has 2 aliphatic rings. The first-order chi connectivity index (χ1) is 13.2. The van der Waals surface area contributed by atoms with Crippen molar-refractivity contribution in [3.05, 3.63) is 35.4 Å². The maximum Gasteiger partial charge on any atom is 0.330 e. The van der Waals surface area contributed by atoms with Crippen LogP contribution in [0.25, 0.3) is 0 Å². The molecular formula is C18H18Cl3NO6. The molecule has 0 aromatic heterocycles. The number of halogens is 3. The number of amides is 2. The number of hydrogen-bond acceptors (Lipinski definition) is 5. The number of aliphatic carboxylic acids is 1. The third kappa shape index (κ3) is 4.14. The number of carbonyl (C=O) groups excluding carboxylic acids is 2. The molecule has 0 aliphatic carbocycles. The van der Waals surface area contributed by atoms with Gasteiger partial charge in [0.05, 0.1) is 24.3 Å². The fourth-order valence-corrected chi connectivity index (χ4v) is 4.27. The third-order valence-corrected chi connectivity index (χ3v) is 5.23. The van der Waals surface area contributed by atoms with Crippen molar-refractivity contribution < 1.29 is 29.0 Å². The average molecular weight is 451 g/mol. The molecule has 0 spiro atoms. The molecule has 1 aromatic rings. The van der Waals surface area contributed by atoms with Crippen LogP contribution < -0.4 is 0 Å². The Morgan fingerprint density at radius 3 is 2.11 bits per heavy atom. The van der Waals surface area contributed by atoms with Gasteiger partial charge in [0.25, 0.3) is 11.8 Å². The molecule has 1 fully saturated rings. The number of alkyl halides is 3. The number of hydrogen-bond donors (Lipinski definition) is 1. The monoisotopic (exact) mass is 449 g/mol. The molecule has 2 amide bonds. The van der Waals surface area contributed by atoms with Crippen LogP contribution in [0.3, 0.4) is 0 Å². The minimum Gasteiger partial charge on any atom is -0.479 e. The normalized spacial score (nSPS) is 19.8. The van der Waals surface area contributed by atoms with Crippen LogP contribution in [-0.4, -0.2) is 56.6 Å². The first-order valence-electron chi connectivity index (χ1n) is 8.67. The average Bonchev–Trinajstić information content (AvgIpc) is 3.21. The lowest BCUT2D eigenvalue weighted by Crippen LogP contribution is -2.59. The van der Waals surface area contributed by atoms with Crippen molar-refractivity contribution in [2.24, 2.45) is 0 Å². The summed E-state index contributed by atoms with van der Waals surface area (Å²) < 4.78 is 8.71. The highest BCUT2D eigenvalue weighted by molar-refractivity contribution is 6.67. The van der Waals surface area contributed by atoms with Crippen molar-refractivity contribution in [2.75, 3.05) is 13.2 Å². The zero-order valence-corrected chi connectivity index (χ0v) is 17.0. The zero-order chi connectivity index (χ0) is 20.5. The summed E-state index contributed by atoms with van der Waals surface area (Å²) in [5.41, 5.74) is -1.76. The predicted molar refractivity (Wildman–Crippen MR) is 102 cm³/mol. The molecule has 1 atom stereocenters. The number of nitrogens with zero attached hydrogens (tertiary/aromatic N) is 1. The summed E-state index contributed by atoms with van der Waals surface area (Å²) in [6.07, 6.45) is -0.437. The first-order valence-corrected chi connectivity index (χ1v) is 9.80. The molecule has 10 heteroatoms. The standard InChI is InChI=1S/C18H18Cl3NO6/c19-18(20,21)10-17(16(25)26,7-3-6-13-27-8-9-28-13)22-14(23)11-4-1-2-5-12(11)15(22)24/h1-2,4-5,13H,3,6-10H2,(H,25,26). The van der Waals surface area contributed by atoms with Crippen molar-refractivity contribution >= 4 is 52.6 Å². The van der Waals surface area contributed by atoms with Gasteiger partial charge in [0.1, 0.15) is 0 Å². The van der Waals surface area contributed by atoms with E-state index in [-0.39, 0.29) is 24.0 Å². The van der Waals surface area contributed by atoms with E-state index in [1.165, 1.54) is 12.1 Å². The molecule has 0 saturated carbocycles. The molecule has 1 N–H and O–H groups in total. The fraction of sp³-hybridized carbons (Fsp3) is 0.500. The minimum absolute atomic E-state index is 0.106. The van der Waals surface area contributed by atoms with E-state index < -0.39 is 39.8 Å². The second kappa shape index (κ2) is 8.16. The predicted octanol–water partition coefficient (Wildman–Crippen LogP) is 3.41. The van der Waals surface area contributed by atoms with Gasteiger partial charge in [-0.05, 0) is 31.4 Å². The molecule has 1 aromatic carbocycles. The van der Waals surface area contributed by atoms with Crippen LogP contribution in [0.15, 0.2) is 24.3 Å². The molecule has 28 heavy (non-hydrogen) atoms. The molecule has 0 radical (unpaired) electrons. The summed E-state index contributed by atoms with van der Waals surface area (Å²) in [5.74, 6) is -2.85. The Kier molecular flexibility index (Phi) is 6.22. The van der Waals surface area contributed by atoms with Crippen LogP contribution in [-0.2, 0) is 14.3 Å². The van der Waals surface area contributed by atoms with E-state index in [1.807, 2.05) is 0 Å². The number of carbonyl (C=O) groups is 3. The molecule has 3 rings (SSSR count). The Labute approximate surface area is 176 Å². The molecular weight excluding hydrogens is 433 g/mol. The number of benzene rings is 1. The van der Waals surface area contributed by atoms with Crippen LogP contribution in [0.1, 0.15) is 46.4 Å². The van der Waals surface area contributed by atoms with E-state index in [1.54, 1.807) is 12.1 Å². The van der Waals surface area contributed by atoms with E-state index in [4.69, 9.17) is 44.3 Å². The highest BCUT2D eigenvalue weighted by Crippen LogP contribution is 2.43. The summed E-state index contributed by atoms with van der Waals surface area (Å²) >= 11 is 17.8. The smallest absolute Gasteiger partial charge is 0.330 e. The second-order valence-electron chi connectivity index (χ2n) is 6.68. The van der Waals surface area contributed by atoms with E-state index >= 15 is 0 Å². The molecule has 7 nitrogen and oxygen atoms in total. The van der Waals surface area contributed by atoms with Gasteiger partial charge in [0, 0.05) is 6.42 Å². The van der Waals surface area contributed by atoms with Crippen LogP contribution >= 0.6 is 34.8 Å². The van der Waals surface area contributed by atoms with Crippen LogP contribution in [0.4, 0.5) is 0 Å². The molecule has 1 unspecified atom stereocenters. The van der Waals surface area contributed by atoms with Gasteiger partial charge in [-0.15, -0.1) is 0 Å². The SMILES string of the molecule is O=C1c2ccccc2C(=O)N1C(CCCC1OCCO1)(CC(Cl)(Cl)Cl)C(=O)O. The van der Waals surface area contributed by atoms with Crippen molar-refractivity contribution in [3.8, 4) is 0 Å². The lowest BCUT2D eigenvalue weighted by Gasteiger charge is -2.39. The van der Waals surface area contributed by atoms with Crippen LogP contribution in [0.2, 0.25) is 0 Å². The van der Waals surface area contributed by atoms with E-state index in [0.717, 1.165) is 4.90 Å². The van der Waals surface area contributed by atoms with Gasteiger partial charge in [0.2, 0.25) is 0 Å². The number of rotatable bonds is 7. The summed E-state index contributed by atoms with van der Waals surface area (Å²) in [6.45, 7) is 0.919. The third-order valence-electron chi connectivity index (χ3n) is 4.83. The Balaban J connectivity index is 1.94. The van der Waals surface area contributed by atoms with Crippen molar-refractivity contribution in [3.63, 3.8) is 0 Å². The van der Waals surface area contributed by atoms with Gasteiger partial charge < -0.3 is 14.6 Å². The number of carboxylic acid groups (broad SMARTS) is 1. The van der Waals surface area contributed by atoms with Crippen molar-refractivity contribution in [1.29, 1.82) is 0 Å². The molecule has 2 heterocycles. The zero-order valence-electron chi connectivity index (χ0n) is 14.7. The largest absolute Gasteiger partial charge is 0.479 e. The summed E-state index contributed by atoms with van der Waals surface area (Å²) in [6, 6.07) is 6.13. The second-order valence-corrected chi connectivity index (χ2v) is 9.20. The Morgan fingerprint density at radius 2 is 1.64 bits per heavy atom. The van der Waals surface area contributed by atoms with Crippen molar-refractivity contribution in [2.45, 2.75) is 41.3 Å². The van der Waals surface area contributed by atoms with Crippen LogP contribution in [0, 0.1) is 0 Å². The van der Waals surface area contributed by atoms with Gasteiger partial charge in [0.15, 0.2) is 15.6 Å². The number of imide groups is 1. The molecule has 0 bridgehead atoms. The van der Waals surface area contributed by atoms with Crippen molar-refractivity contribution in [1.82, 2.24) is 4.90 Å². The lowest BCUT2D eigenvalue weighted by atomic mass is 9.87. The van der Waals surface area contributed by atoms with Gasteiger partial charge in [-0.3, -0.25) is 14.5 Å². The van der Waals surface area contributed by atoms with Gasteiger partial charge >= 0.3 is 5.97 Å². The van der Waals surface area contributed by atoms with Gasteiger partial charge in [-0.1, -0.05) is 46.9 Å². The Hall–Kier alpha value is -1.38. The van der Waals surface area contributed by atoms with Crippen LogP contribution in [0.5, 0.6) is 0 Å². The maximum atomic E-state index is 12.9. The van der Waals surface area contributed by atoms with E-state index in [0.29, 0.717) is 19.6 Å². The summed E-state index contributed by atoms with van der Waals surface area (Å²) in [5, 5.41) is 10.1. The minimum atomic E-state index is -2.02. The quantitative estimate of drug-likeness (QED) is 0.505. The summed E-state index contributed by atoms with van der Waals surface area (Å²) in [7, 11) is 0. The number of fused-ring (bicyclic) bond motifs is 1. The first kappa shape index (κ1) is 21.3. The van der Waals surface area contributed by atoms with E-state index in [9.17, 15) is 19.5 Å². The highest BCUT2D eigenvalue weighted by Gasteiger charge is 2.56. The highest BCUT2D eigenvalue weighted by atomic mass is 35.6. The summed E-state index contributed by atoms with van der Waals surface area (Å²) in [4.78, 5) is 38.9. The fourth-order valence-electron chi connectivity index (χ4n) is 3.60. The van der Waals surface area contributed by atoms with E-state index in [2.05, 4.69) is 0 Å². The number of carboxylic acids is 1. The van der Waals surface area contributed by atoms with Gasteiger partial charge in [-0.25, -0.2) is 4.79 Å². The number of ether oxygens (including phenoxy) is 2. The molecule has 1 saturated heterocycles. The lowest BCUT2D eigenvalue weighted by molar-refractivity contribution is -0.149. The Bertz CT molecular complexity index is 755. The maximum absolute atomic E-state index is 12.9. The molecule has 2 aliphatic heterocycles.